The molecule has 39 heavy (non-hydrogen) atoms. The van der Waals surface area contributed by atoms with Gasteiger partial charge in [0.1, 0.15) is 11.2 Å². The van der Waals surface area contributed by atoms with Gasteiger partial charge in [0.25, 0.3) is 0 Å². The number of rotatable bonds is 6. The number of amides is 1. The molecule has 1 fully saturated rings. The molecule has 5 rings (SSSR count). The van der Waals surface area contributed by atoms with E-state index in [0.29, 0.717) is 16.7 Å². The smallest absolute Gasteiger partial charge is 0.410 e. The van der Waals surface area contributed by atoms with Gasteiger partial charge in [0, 0.05) is 34.6 Å². The third-order valence-corrected chi connectivity index (χ3v) is 8.53. The molecule has 1 aromatic carbocycles. The third-order valence-electron chi connectivity index (χ3n) is 7.28. The molecule has 0 radical (unpaired) electrons. The minimum absolute atomic E-state index is 0.0469. The van der Waals surface area contributed by atoms with Gasteiger partial charge in [-0.2, -0.15) is 0 Å². The van der Waals surface area contributed by atoms with E-state index < -0.39 is 11.6 Å². The van der Waals surface area contributed by atoms with Gasteiger partial charge in [-0.3, -0.25) is 4.79 Å². The van der Waals surface area contributed by atoms with Crippen LogP contribution in [-0.2, 0) is 15.9 Å². The molecule has 0 bridgehead atoms. The van der Waals surface area contributed by atoms with Crippen molar-refractivity contribution in [2.75, 3.05) is 20.8 Å². The number of ether oxygens (including phenoxy) is 3. The van der Waals surface area contributed by atoms with Gasteiger partial charge in [-0.25, -0.2) is 9.59 Å². The van der Waals surface area contributed by atoms with Crippen LogP contribution in [-0.4, -0.2) is 47.9 Å². The van der Waals surface area contributed by atoms with Gasteiger partial charge in [0.15, 0.2) is 5.75 Å². The Labute approximate surface area is 232 Å². The number of thiophene rings is 1. The second-order valence-corrected chi connectivity index (χ2v) is 12.4. The Morgan fingerprint density at radius 3 is 2.56 bits per heavy atom. The van der Waals surface area contributed by atoms with Gasteiger partial charge in [0.2, 0.25) is 5.43 Å². The first-order valence-corrected chi connectivity index (χ1v) is 14.4. The van der Waals surface area contributed by atoms with E-state index in [4.69, 9.17) is 14.2 Å². The van der Waals surface area contributed by atoms with Gasteiger partial charge in [-0.1, -0.05) is 0 Å². The summed E-state index contributed by atoms with van der Waals surface area (Å²) in [5.74, 6) is 0.00970. The van der Waals surface area contributed by atoms with E-state index in [-0.39, 0.29) is 35.8 Å². The molecular formula is C30H36N2O6S. The van der Waals surface area contributed by atoms with Crippen LogP contribution >= 0.6 is 11.3 Å². The van der Waals surface area contributed by atoms with Crippen molar-refractivity contribution in [1.82, 2.24) is 9.47 Å². The Kier molecular flexibility index (Phi) is 7.22. The van der Waals surface area contributed by atoms with E-state index in [2.05, 4.69) is 6.07 Å². The Morgan fingerprint density at radius 1 is 1.18 bits per heavy atom. The van der Waals surface area contributed by atoms with Crippen LogP contribution in [0.3, 0.4) is 0 Å². The first kappa shape index (κ1) is 27.2. The lowest BCUT2D eigenvalue weighted by Gasteiger charge is -2.33. The first-order valence-electron chi connectivity index (χ1n) is 13.6. The van der Waals surface area contributed by atoms with E-state index in [0.717, 1.165) is 48.1 Å². The second-order valence-electron chi connectivity index (χ2n) is 11.3. The highest BCUT2D eigenvalue weighted by atomic mass is 32.1. The molecule has 2 aliphatic rings. The van der Waals surface area contributed by atoms with Gasteiger partial charge in [-0.05, 0) is 83.6 Å². The number of aromatic nitrogens is 1. The number of fused-ring (bicyclic) bond motifs is 2. The number of benzene rings is 1. The summed E-state index contributed by atoms with van der Waals surface area (Å²) in [7, 11) is 3.42. The summed E-state index contributed by atoms with van der Waals surface area (Å²) in [5, 5.41) is 0.442. The summed E-state index contributed by atoms with van der Waals surface area (Å²) in [4.78, 5) is 42.8. The number of aryl methyl sites for hydroxylation is 1. The van der Waals surface area contributed by atoms with Crippen molar-refractivity contribution in [3.8, 4) is 16.2 Å². The molecule has 2 heterocycles. The van der Waals surface area contributed by atoms with Crippen molar-refractivity contribution in [3.05, 3.63) is 50.6 Å². The molecule has 1 amide bonds. The molecule has 208 valence electrons. The van der Waals surface area contributed by atoms with Gasteiger partial charge >= 0.3 is 12.1 Å². The fourth-order valence-electron chi connectivity index (χ4n) is 5.34. The standard InChI is InChI=1S/C30H36N2O6S/c1-7-37-28(34)21-16-32(17-11-12-17)25-19(26(21)33)14-13-18(27(25)36-6)24-15-20-22(9-8-10-23(20)39-24)31(5)29(35)38-30(2,3)4/h13-17,22H,7-12H2,1-6H3. The Morgan fingerprint density at radius 2 is 1.92 bits per heavy atom. The maximum atomic E-state index is 13.4. The van der Waals surface area contributed by atoms with Crippen LogP contribution in [0.1, 0.15) is 86.3 Å². The molecule has 0 spiro atoms. The van der Waals surface area contributed by atoms with Crippen molar-refractivity contribution < 1.29 is 23.8 Å². The highest BCUT2D eigenvalue weighted by Crippen LogP contribution is 2.47. The zero-order valence-corrected chi connectivity index (χ0v) is 24.3. The van der Waals surface area contributed by atoms with Crippen molar-refractivity contribution in [1.29, 1.82) is 0 Å². The normalized spacial score (nSPS) is 17.0. The van der Waals surface area contributed by atoms with E-state index in [1.807, 2.05) is 31.4 Å². The van der Waals surface area contributed by atoms with Crippen LogP contribution in [0.5, 0.6) is 5.75 Å². The highest BCUT2D eigenvalue weighted by molar-refractivity contribution is 7.15. The van der Waals surface area contributed by atoms with Crippen LogP contribution in [0.15, 0.2) is 29.2 Å². The summed E-state index contributed by atoms with van der Waals surface area (Å²) in [6, 6.07) is 5.98. The Bertz CT molecular complexity index is 1490. The van der Waals surface area contributed by atoms with Crippen molar-refractivity contribution in [3.63, 3.8) is 0 Å². The molecule has 0 N–H and O–H groups in total. The van der Waals surface area contributed by atoms with Crippen LogP contribution in [0.4, 0.5) is 4.79 Å². The lowest BCUT2D eigenvalue weighted by molar-refractivity contribution is 0.0205. The predicted molar refractivity (Wildman–Crippen MR) is 152 cm³/mol. The number of nitrogens with zero attached hydrogens (tertiary/aromatic N) is 2. The van der Waals surface area contributed by atoms with E-state index >= 15 is 0 Å². The van der Waals surface area contributed by atoms with Crippen molar-refractivity contribution >= 4 is 34.3 Å². The number of hydrogen-bond donors (Lipinski definition) is 0. The lowest BCUT2D eigenvalue weighted by Crippen LogP contribution is -2.37. The van der Waals surface area contributed by atoms with Crippen LogP contribution < -0.4 is 10.2 Å². The maximum Gasteiger partial charge on any atom is 0.410 e. The lowest BCUT2D eigenvalue weighted by atomic mass is 9.92. The molecule has 0 aliphatic heterocycles. The van der Waals surface area contributed by atoms with Crippen molar-refractivity contribution in [2.24, 2.45) is 0 Å². The molecule has 1 unspecified atom stereocenters. The number of hydrogen-bond acceptors (Lipinski definition) is 7. The fourth-order valence-corrected chi connectivity index (χ4v) is 6.62. The first-order chi connectivity index (χ1) is 18.5. The molecule has 2 aliphatic carbocycles. The number of carbonyl (C=O) groups is 2. The topological polar surface area (TPSA) is 87.1 Å². The SMILES string of the molecule is CCOC(=O)c1cn(C2CC2)c2c(OC)c(-c3cc4c(s3)CCCC4N(C)C(=O)OC(C)(C)C)ccc2c1=O. The van der Waals surface area contributed by atoms with Gasteiger partial charge < -0.3 is 23.7 Å². The van der Waals surface area contributed by atoms with Gasteiger partial charge in [-0.15, -0.1) is 11.3 Å². The monoisotopic (exact) mass is 552 g/mol. The maximum absolute atomic E-state index is 13.4. The molecule has 1 atom stereocenters. The summed E-state index contributed by atoms with van der Waals surface area (Å²) >= 11 is 1.70. The molecule has 1 saturated carbocycles. The Balaban J connectivity index is 1.60. The molecule has 0 saturated heterocycles. The zero-order chi connectivity index (χ0) is 28.1. The molecule has 3 aromatic rings. The number of carbonyl (C=O) groups excluding carboxylic acids is 2. The van der Waals surface area contributed by atoms with Gasteiger partial charge in [0.05, 0.1) is 30.7 Å². The summed E-state index contributed by atoms with van der Waals surface area (Å²) in [6.45, 7) is 7.54. The minimum atomic E-state index is -0.604. The molecular weight excluding hydrogens is 516 g/mol. The van der Waals surface area contributed by atoms with E-state index in [1.54, 1.807) is 49.6 Å². The third kappa shape index (κ3) is 5.16. The van der Waals surface area contributed by atoms with Crippen LogP contribution in [0.25, 0.3) is 21.3 Å². The van der Waals surface area contributed by atoms with Crippen molar-refractivity contribution in [2.45, 2.75) is 77.5 Å². The van der Waals surface area contributed by atoms with Crippen LogP contribution in [0, 0.1) is 0 Å². The second kappa shape index (κ2) is 10.3. The predicted octanol–water partition coefficient (Wildman–Crippen LogP) is 6.49. The fraction of sp³-hybridized carbons (Fsp3) is 0.500. The summed E-state index contributed by atoms with van der Waals surface area (Å²) < 4.78 is 18.8. The highest BCUT2D eigenvalue weighted by Gasteiger charge is 2.33. The summed E-state index contributed by atoms with van der Waals surface area (Å²) in [6.07, 6.45) is 6.05. The number of pyridine rings is 1. The molecule has 2 aromatic heterocycles. The number of esters is 1. The average Bonchev–Trinajstić information content (AvgIpc) is 3.64. The quantitative estimate of drug-likeness (QED) is 0.325. The zero-order valence-electron chi connectivity index (χ0n) is 23.5. The van der Waals surface area contributed by atoms with Crippen LogP contribution in [0.2, 0.25) is 0 Å². The van der Waals surface area contributed by atoms with E-state index in [9.17, 15) is 14.4 Å². The molecule has 9 heteroatoms. The van der Waals surface area contributed by atoms with E-state index in [1.165, 1.54) is 4.88 Å². The largest absolute Gasteiger partial charge is 0.494 e. The Hall–Kier alpha value is -3.33. The number of methoxy groups -OCH3 is 1. The molecule has 8 nitrogen and oxygen atoms in total. The minimum Gasteiger partial charge on any atom is -0.494 e. The average molecular weight is 553 g/mol. The summed E-state index contributed by atoms with van der Waals surface area (Å²) in [5.41, 5.74) is 1.85.